The number of carbonyl (C=O) groups is 1. The van der Waals surface area contributed by atoms with Crippen molar-refractivity contribution in [1.82, 2.24) is 5.32 Å². The molecule has 0 saturated carbocycles. The Morgan fingerprint density at radius 1 is 1.40 bits per heavy atom. The first-order chi connectivity index (χ1) is 7.22. The summed E-state index contributed by atoms with van der Waals surface area (Å²) < 4.78 is 5.21. The van der Waals surface area contributed by atoms with Crippen LogP contribution in [0.3, 0.4) is 0 Å². The van der Waals surface area contributed by atoms with Crippen LogP contribution in [0.1, 0.15) is 17.3 Å². The first-order valence-corrected chi connectivity index (χ1v) is 4.91. The highest BCUT2D eigenvalue weighted by atomic mass is 16.3. The molecule has 0 spiro atoms. The maximum absolute atomic E-state index is 11.8. The smallest absolute Gasteiger partial charge is 0.179 e. The summed E-state index contributed by atoms with van der Waals surface area (Å²) >= 11 is 0. The molecule has 0 bridgehead atoms. The summed E-state index contributed by atoms with van der Waals surface area (Å²) in [6.07, 6.45) is 1.63. The highest BCUT2D eigenvalue weighted by Crippen LogP contribution is 2.17. The average molecular weight is 203 g/mol. The Labute approximate surface area is 88.1 Å². The van der Waals surface area contributed by atoms with Gasteiger partial charge in [-0.2, -0.15) is 0 Å². The third-order valence-corrected chi connectivity index (χ3v) is 2.56. The van der Waals surface area contributed by atoms with E-state index >= 15 is 0 Å². The van der Waals surface area contributed by atoms with Gasteiger partial charge in [0.25, 0.3) is 0 Å². The molecule has 2 aromatic rings. The van der Waals surface area contributed by atoms with Crippen molar-refractivity contribution in [3.05, 3.63) is 36.1 Å². The summed E-state index contributed by atoms with van der Waals surface area (Å²) in [5, 5.41) is 3.89. The average Bonchev–Trinajstić information content (AvgIpc) is 2.73. The Hall–Kier alpha value is -1.61. The fourth-order valence-electron chi connectivity index (χ4n) is 1.50. The van der Waals surface area contributed by atoms with E-state index in [-0.39, 0.29) is 11.8 Å². The molecule has 0 fully saturated rings. The van der Waals surface area contributed by atoms with Gasteiger partial charge in [-0.05, 0) is 38.2 Å². The van der Waals surface area contributed by atoms with Crippen LogP contribution in [-0.2, 0) is 0 Å². The van der Waals surface area contributed by atoms with E-state index in [4.69, 9.17) is 4.42 Å². The largest absolute Gasteiger partial charge is 0.464 e. The van der Waals surface area contributed by atoms with Gasteiger partial charge >= 0.3 is 0 Å². The van der Waals surface area contributed by atoms with E-state index in [0.717, 1.165) is 11.0 Å². The van der Waals surface area contributed by atoms with Gasteiger partial charge in [0, 0.05) is 10.9 Å². The number of furan rings is 1. The first-order valence-electron chi connectivity index (χ1n) is 4.91. The normalized spacial score (nSPS) is 12.9. The van der Waals surface area contributed by atoms with Gasteiger partial charge in [0.05, 0.1) is 12.3 Å². The third-order valence-electron chi connectivity index (χ3n) is 2.56. The van der Waals surface area contributed by atoms with Crippen LogP contribution in [0.15, 0.2) is 34.9 Å². The molecule has 2 rings (SSSR count). The minimum absolute atomic E-state index is 0.0978. The molecule has 0 aliphatic carbocycles. The van der Waals surface area contributed by atoms with Crippen molar-refractivity contribution in [2.45, 2.75) is 13.0 Å². The predicted molar refractivity (Wildman–Crippen MR) is 59.1 cm³/mol. The second-order valence-corrected chi connectivity index (χ2v) is 3.55. The lowest BCUT2D eigenvalue weighted by molar-refractivity contribution is 0.0955. The molecule has 15 heavy (non-hydrogen) atoms. The number of hydrogen-bond acceptors (Lipinski definition) is 3. The zero-order valence-corrected chi connectivity index (χ0v) is 8.78. The molecule has 0 aliphatic heterocycles. The van der Waals surface area contributed by atoms with Crippen LogP contribution < -0.4 is 5.32 Å². The Balaban J connectivity index is 2.39. The standard InChI is InChI=1S/C12H13NO2/c1-8(13-2)12(14)10-3-4-11-9(7-10)5-6-15-11/h3-8,13H,1-2H3/t8-/m0/s1. The molecule has 0 amide bonds. The molecular weight excluding hydrogens is 190 g/mol. The quantitative estimate of drug-likeness (QED) is 0.778. The van der Waals surface area contributed by atoms with Crippen LogP contribution in [0.2, 0.25) is 0 Å². The Morgan fingerprint density at radius 2 is 2.20 bits per heavy atom. The molecule has 1 heterocycles. The van der Waals surface area contributed by atoms with Crippen molar-refractivity contribution >= 4 is 16.8 Å². The molecule has 1 atom stereocenters. The molecule has 78 valence electrons. The van der Waals surface area contributed by atoms with Crippen molar-refractivity contribution in [3.63, 3.8) is 0 Å². The number of rotatable bonds is 3. The molecule has 3 nitrogen and oxygen atoms in total. The predicted octanol–water partition coefficient (Wildman–Crippen LogP) is 2.22. The number of Topliss-reactive ketones (excluding diaryl/α,β-unsaturated/α-hetero) is 1. The molecule has 0 radical (unpaired) electrons. The number of nitrogens with one attached hydrogen (secondary N) is 1. The van der Waals surface area contributed by atoms with Gasteiger partial charge in [-0.1, -0.05) is 0 Å². The van der Waals surface area contributed by atoms with Crippen LogP contribution in [0, 0.1) is 0 Å². The van der Waals surface area contributed by atoms with Crippen molar-refractivity contribution in [2.24, 2.45) is 0 Å². The summed E-state index contributed by atoms with van der Waals surface area (Å²) in [5.41, 5.74) is 1.52. The highest BCUT2D eigenvalue weighted by molar-refractivity contribution is 6.02. The molecule has 0 unspecified atom stereocenters. The number of ketones is 1. The summed E-state index contributed by atoms with van der Waals surface area (Å²) in [5.74, 6) is 0.0978. The van der Waals surface area contributed by atoms with E-state index in [1.807, 2.05) is 25.1 Å². The van der Waals surface area contributed by atoms with Crippen molar-refractivity contribution in [1.29, 1.82) is 0 Å². The summed E-state index contributed by atoms with van der Waals surface area (Å²) in [6.45, 7) is 1.85. The summed E-state index contributed by atoms with van der Waals surface area (Å²) in [7, 11) is 1.78. The molecule has 1 N–H and O–H groups in total. The van der Waals surface area contributed by atoms with E-state index in [0.29, 0.717) is 5.56 Å². The van der Waals surface area contributed by atoms with E-state index in [2.05, 4.69) is 5.32 Å². The summed E-state index contributed by atoms with van der Waals surface area (Å²) in [6, 6.07) is 7.17. The number of likely N-dealkylation sites (N-methyl/N-ethyl adjacent to an activating group) is 1. The lowest BCUT2D eigenvalue weighted by Gasteiger charge is -2.08. The van der Waals surface area contributed by atoms with E-state index < -0.39 is 0 Å². The SMILES string of the molecule is CN[C@@H](C)C(=O)c1ccc2occc2c1. The zero-order valence-electron chi connectivity index (χ0n) is 8.78. The zero-order chi connectivity index (χ0) is 10.8. The van der Waals surface area contributed by atoms with Gasteiger partial charge in [0.2, 0.25) is 0 Å². The molecule has 1 aromatic heterocycles. The maximum atomic E-state index is 11.8. The molecule has 0 aliphatic rings. The monoisotopic (exact) mass is 203 g/mol. The second-order valence-electron chi connectivity index (χ2n) is 3.55. The van der Waals surface area contributed by atoms with Crippen LogP contribution in [-0.4, -0.2) is 18.9 Å². The topological polar surface area (TPSA) is 42.2 Å². The minimum Gasteiger partial charge on any atom is -0.464 e. The molecule has 3 heteroatoms. The first kappa shape index (κ1) is 9.93. The van der Waals surface area contributed by atoms with E-state index in [9.17, 15) is 4.79 Å². The summed E-state index contributed by atoms with van der Waals surface area (Å²) in [4.78, 5) is 11.8. The van der Waals surface area contributed by atoms with E-state index in [1.165, 1.54) is 0 Å². The van der Waals surface area contributed by atoms with Crippen LogP contribution in [0.4, 0.5) is 0 Å². The number of benzene rings is 1. The molecule has 1 aromatic carbocycles. The fraction of sp³-hybridized carbons (Fsp3) is 0.250. The third kappa shape index (κ3) is 1.78. The van der Waals surface area contributed by atoms with Crippen molar-refractivity contribution in [3.8, 4) is 0 Å². The lowest BCUT2D eigenvalue weighted by Crippen LogP contribution is -2.30. The van der Waals surface area contributed by atoms with Gasteiger partial charge in [-0.15, -0.1) is 0 Å². The minimum atomic E-state index is -0.158. The van der Waals surface area contributed by atoms with Gasteiger partial charge in [0.1, 0.15) is 5.58 Å². The van der Waals surface area contributed by atoms with Crippen molar-refractivity contribution < 1.29 is 9.21 Å². The van der Waals surface area contributed by atoms with Crippen LogP contribution >= 0.6 is 0 Å². The number of carbonyl (C=O) groups excluding carboxylic acids is 1. The van der Waals surface area contributed by atoms with Crippen LogP contribution in [0.5, 0.6) is 0 Å². The highest BCUT2D eigenvalue weighted by Gasteiger charge is 2.13. The number of fused-ring (bicyclic) bond motifs is 1. The molecular formula is C12H13NO2. The molecule has 0 saturated heterocycles. The Bertz CT molecular complexity index is 487. The van der Waals surface area contributed by atoms with Crippen LogP contribution in [0.25, 0.3) is 11.0 Å². The lowest BCUT2D eigenvalue weighted by atomic mass is 10.0. The van der Waals surface area contributed by atoms with E-state index in [1.54, 1.807) is 19.4 Å². The van der Waals surface area contributed by atoms with Crippen molar-refractivity contribution in [2.75, 3.05) is 7.05 Å². The Kier molecular flexibility index (Phi) is 2.56. The second kappa shape index (κ2) is 3.87. The van der Waals surface area contributed by atoms with Gasteiger partial charge in [0.15, 0.2) is 5.78 Å². The maximum Gasteiger partial charge on any atom is 0.179 e. The Morgan fingerprint density at radius 3 is 2.93 bits per heavy atom. The number of hydrogen-bond donors (Lipinski definition) is 1. The van der Waals surface area contributed by atoms with Gasteiger partial charge in [-0.25, -0.2) is 0 Å². The fourth-order valence-corrected chi connectivity index (χ4v) is 1.50. The van der Waals surface area contributed by atoms with Gasteiger partial charge < -0.3 is 9.73 Å². The van der Waals surface area contributed by atoms with Gasteiger partial charge in [-0.3, -0.25) is 4.79 Å².